The van der Waals surface area contributed by atoms with E-state index >= 15 is 0 Å². The first-order valence-electron chi connectivity index (χ1n) is 7.95. The van der Waals surface area contributed by atoms with E-state index in [2.05, 4.69) is 13.8 Å². The Morgan fingerprint density at radius 2 is 2.05 bits per heavy atom. The minimum atomic E-state index is -0.125. The van der Waals surface area contributed by atoms with E-state index in [0.717, 1.165) is 19.1 Å². The van der Waals surface area contributed by atoms with Crippen LogP contribution in [-0.4, -0.2) is 18.4 Å². The Bertz CT molecular complexity index is 286. The average Bonchev–Trinajstić information content (AvgIpc) is 2.36. The van der Waals surface area contributed by atoms with Crippen molar-refractivity contribution in [2.24, 2.45) is 11.3 Å². The molecule has 20 heavy (non-hydrogen) atoms. The highest BCUT2D eigenvalue weighted by Gasteiger charge is 2.32. The molecule has 0 N–H and O–H groups in total. The highest BCUT2D eigenvalue weighted by atomic mass is 16.5. The summed E-state index contributed by atoms with van der Waals surface area (Å²) in [6, 6.07) is 0. The largest absolute Gasteiger partial charge is 0.463 e. The number of carbonyl (C=O) groups is 2. The van der Waals surface area contributed by atoms with Crippen molar-refractivity contribution in [2.75, 3.05) is 0 Å². The fourth-order valence-corrected chi connectivity index (χ4v) is 2.68. The normalized spacial score (nSPS) is 25.6. The third kappa shape index (κ3) is 9.11. The zero-order chi connectivity index (χ0) is 15.6. The lowest BCUT2D eigenvalue weighted by atomic mass is 9.71. The maximum absolute atomic E-state index is 10.9. The number of carbonyl (C=O) groups excluding carboxylic acids is 2. The van der Waals surface area contributed by atoms with Gasteiger partial charge in [-0.25, -0.2) is 0 Å². The number of hydrogen-bond acceptors (Lipinski definition) is 3. The van der Waals surface area contributed by atoms with Crippen LogP contribution in [0.15, 0.2) is 0 Å². The summed E-state index contributed by atoms with van der Waals surface area (Å²) in [6.45, 7) is 9.80. The molecular formula is C17H32O3. The highest BCUT2D eigenvalue weighted by molar-refractivity contribution is 5.66. The van der Waals surface area contributed by atoms with Gasteiger partial charge in [-0.2, -0.15) is 0 Å². The molecule has 2 unspecified atom stereocenters. The number of unbranched alkanes of at least 4 members (excludes halogenated alkanes) is 1. The Kier molecular flexibility index (Phi) is 9.52. The Labute approximate surface area is 124 Å². The van der Waals surface area contributed by atoms with E-state index in [1.54, 1.807) is 0 Å². The van der Waals surface area contributed by atoms with Crippen molar-refractivity contribution < 1.29 is 14.3 Å². The Morgan fingerprint density at radius 1 is 1.45 bits per heavy atom. The third-order valence-corrected chi connectivity index (χ3v) is 3.77. The molecule has 0 radical (unpaired) electrons. The molecule has 2 atom stereocenters. The second kappa shape index (κ2) is 9.95. The number of esters is 1. The molecule has 118 valence electrons. The summed E-state index contributed by atoms with van der Waals surface area (Å²) in [5.74, 6) is 0.0785. The van der Waals surface area contributed by atoms with Crippen molar-refractivity contribution in [2.45, 2.75) is 85.7 Å². The van der Waals surface area contributed by atoms with E-state index in [0.29, 0.717) is 5.41 Å². The molecule has 0 spiro atoms. The predicted molar refractivity (Wildman–Crippen MR) is 82.6 cm³/mol. The number of aldehydes is 1. The molecule has 0 heterocycles. The molecule has 3 nitrogen and oxygen atoms in total. The van der Waals surface area contributed by atoms with Crippen molar-refractivity contribution in [3.05, 3.63) is 0 Å². The highest BCUT2D eigenvalue weighted by Crippen LogP contribution is 2.41. The van der Waals surface area contributed by atoms with Crippen LogP contribution >= 0.6 is 0 Å². The molecule has 0 amide bonds. The monoisotopic (exact) mass is 284 g/mol. The van der Waals surface area contributed by atoms with Gasteiger partial charge in [0.05, 0.1) is 0 Å². The van der Waals surface area contributed by atoms with E-state index in [-0.39, 0.29) is 18.0 Å². The van der Waals surface area contributed by atoms with Gasteiger partial charge in [-0.05, 0) is 37.5 Å². The van der Waals surface area contributed by atoms with Crippen LogP contribution in [0.1, 0.15) is 79.6 Å². The van der Waals surface area contributed by atoms with Gasteiger partial charge in [-0.1, -0.05) is 40.5 Å². The van der Waals surface area contributed by atoms with E-state index in [4.69, 9.17) is 4.74 Å². The standard InChI is InChI=1S/C13H24O2.C4H8O/c1-4-5-8-13(3)9-6-7-12(10-13)15-11(2)14;1-4(2)3-5/h12H,4-10H2,1-3H3;3-4H,1-2H3. The molecule has 0 aliphatic heterocycles. The van der Waals surface area contributed by atoms with Crippen molar-refractivity contribution in [3.63, 3.8) is 0 Å². The molecule has 1 rings (SSSR count). The quantitative estimate of drug-likeness (QED) is 0.550. The Morgan fingerprint density at radius 3 is 2.50 bits per heavy atom. The van der Waals surface area contributed by atoms with Gasteiger partial charge in [0, 0.05) is 12.8 Å². The summed E-state index contributed by atoms with van der Waals surface area (Å²) in [4.78, 5) is 20.4. The molecule has 1 saturated carbocycles. The second-order valence-electron chi connectivity index (χ2n) is 6.62. The van der Waals surface area contributed by atoms with Gasteiger partial charge >= 0.3 is 5.97 Å². The number of hydrogen-bond donors (Lipinski definition) is 0. The summed E-state index contributed by atoms with van der Waals surface area (Å²) in [5, 5.41) is 0. The van der Waals surface area contributed by atoms with Crippen molar-refractivity contribution in [3.8, 4) is 0 Å². The smallest absolute Gasteiger partial charge is 0.302 e. The van der Waals surface area contributed by atoms with Gasteiger partial charge in [-0.15, -0.1) is 0 Å². The average molecular weight is 284 g/mol. The number of ether oxygens (including phenoxy) is 1. The predicted octanol–water partition coefficient (Wildman–Crippen LogP) is 4.53. The molecule has 0 bridgehead atoms. The van der Waals surface area contributed by atoms with E-state index in [9.17, 15) is 9.59 Å². The van der Waals surface area contributed by atoms with Crippen LogP contribution in [0.5, 0.6) is 0 Å². The van der Waals surface area contributed by atoms with Crippen LogP contribution < -0.4 is 0 Å². The molecule has 0 aromatic rings. The SMILES string of the molecule is CC(C)C=O.CCCCC1(C)CCCC(OC(C)=O)C1. The molecule has 0 aromatic heterocycles. The zero-order valence-electron chi connectivity index (χ0n) is 13.9. The third-order valence-electron chi connectivity index (χ3n) is 3.77. The number of rotatable bonds is 5. The summed E-state index contributed by atoms with van der Waals surface area (Å²) >= 11 is 0. The van der Waals surface area contributed by atoms with Gasteiger partial charge in [0.25, 0.3) is 0 Å². The second-order valence-corrected chi connectivity index (χ2v) is 6.62. The van der Waals surface area contributed by atoms with Crippen molar-refractivity contribution in [1.29, 1.82) is 0 Å². The van der Waals surface area contributed by atoms with Crippen LogP contribution in [0.4, 0.5) is 0 Å². The Balaban J connectivity index is 0.000000621. The fourth-order valence-electron chi connectivity index (χ4n) is 2.68. The lowest BCUT2D eigenvalue weighted by molar-refractivity contribution is -0.149. The first kappa shape index (κ1) is 19.1. The molecule has 1 aliphatic carbocycles. The Hall–Kier alpha value is -0.860. The molecule has 3 heteroatoms. The summed E-state index contributed by atoms with van der Waals surface area (Å²) in [7, 11) is 0. The molecule has 1 fully saturated rings. The lowest BCUT2D eigenvalue weighted by Crippen LogP contribution is -2.31. The van der Waals surface area contributed by atoms with Crippen LogP contribution in [0.2, 0.25) is 0 Å². The van der Waals surface area contributed by atoms with Crippen LogP contribution in [0.25, 0.3) is 0 Å². The van der Waals surface area contributed by atoms with Crippen LogP contribution in [0, 0.1) is 11.3 Å². The molecule has 0 saturated heterocycles. The minimum Gasteiger partial charge on any atom is -0.463 e. The first-order valence-corrected chi connectivity index (χ1v) is 7.95. The summed E-state index contributed by atoms with van der Waals surface area (Å²) in [5.41, 5.74) is 0.411. The van der Waals surface area contributed by atoms with Crippen LogP contribution in [0.3, 0.4) is 0 Å². The minimum absolute atomic E-state index is 0.125. The van der Waals surface area contributed by atoms with E-state index < -0.39 is 0 Å². The fraction of sp³-hybridized carbons (Fsp3) is 0.882. The summed E-state index contributed by atoms with van der Waals surface area (Å²) in [6.07, 6.45) is 9.55. The molecule has 1 aliphatic rings. The lowest BCUT2D eigenvalue weighted by Gasteiger charge is -2.37. The topological polar surface area (TPSA) is 43.4 Å². The van der Waals surface area contributed by atoms with Gasteiger partial charge < -0.3 is 9.53 Å². The summed E-state index contributed by atoms with van der Waals surface area (Å²) < 4.78 is 5.33. The van der Waals surface area contributed by atoms with Crippen LogP contribution in [-0.2, 0) is 14.3 Å². The maximum Gasteiger partial charge on any atom is 0.302 e. The van der Waals surface area contributed by atoms with E-state index in [1.165, 1.54) is 39.0 Å². The molecular weight excluding hydrogens is 252 g/mol. The van der Waals surface area contributed by atoms with Crippen molar-refractivity contribution >= 4 is 12.3 Å². The molecule has 0 aromatic carbocycles. The van der Waals surface area contributed by atoms with E-state index in [1.807, 2.05) is 13.8 Å². The maximum atomic E-state index is 10.9. The first-order chi connectivity index (χ1) is 9.33. The van der Waals surface area contributed by atoms with Crippen molar-refractivity contribution in [1.82, 2.24) is 0 Å². The van der Waals surface area contributed by atoms with Gasteiger partial charge in [0.1, 0.15) is 12.4 Å². The van der Waals surface area contributed by atoms with Gasteiger partial charge in [0.15, 0.2) is 0 Å². The van der Waals surface area contributed by atoms with Gasteiger partial charge in [0.2, 0.25) is 0 Å². The zero-order valence-corrected chi connectivity index (χ0v) is 13.9. The van der Waals surface area contributed by atoms with Gasteiger partial charge in [-0.3, -0.25) is 4.79 Å².